The van der Waals surface area contributed by atoms with E-state index in [0.717, 1.165) is 12.8 Å². The van der Waals surface area contributed by atoms with E-state index in [2.05, 4.69) is 36.6 Å². The highest BCUT2D eigenvalue weighted by atomic mass is 16.3. The molecule has 0 aliphatic carbocycles. The van der Waals surface area contributed by atoms with E-state index >= 15 is 0 Å². The number of hydrogen-bond acceptors (Lipinski definition) is 3. The molecule has 0 radical (unpaired) electrons. The van der Waals surface area contributed by atoms with Crippen LogP contribution in [0.2, 0.25) is 0 Å². The molecule has 0 aliphatic rings. The van der Waals surface area contributed by atoms with Gasteiger partial charge < -0.3 is 10.6 Å². The van der Waals surface area contributed by atoms with Crippen LogP contribution in [0.5, 0.6) is 0 Å². The molecule has 2 amide bonds. The van der Waals surface area contributed by atoms with E-state index < -0.39 is 0 Å². The number of nitrogens with zero attached hydrogens (tertiary/aromatic N) is 1. The van der Waals surface area contributed by atoms with E-state index in [-0.39, 0.29) is 18.6 Å². The van der Waals surface area contributed by atoms with Crippen molar-refractivity contribution in [3.05, 3.63) is 4.91 Å². The number of hydrogen-bond donors (Lipinski definition) is 2. The standard InChI is InChI=1S/C11H23N3O2/c1-9(14-16)8-13-10(15)12-7-5-6-11(2,3)4/h9H,5-8H2,1-4H3,(H2,12,13,15). The predicted octanol–water partition coefficient (Wildman–Crippen LogP) is 2.27. The predicted molar refractivity (Wildman–Crippen MR) is 65.3 cm³/mol. The maximum absolute atomic E-state index is 11.2. The first kappa shape index (κ1) is 14.9. The van der Waals surface area contributed by atoms with Crippen LogP contribution in [0.15, 0.2) is 5.18 Å². The number of carbonyl (C=O) groups is 1. The van der Waals surface area contributed by atoms with Crippen molar-refractivity contribution in [1.29, 1.82) is 0 Å². The van der Waals surface area contributed by atoms with E-state index in [1.165, 1.54) is 0 Å². The topological polar surface area (TPSA) is 70.6 Å². The van der Waals surface area contributed by atoms with Gasteiger partial charge in [0.05, 0.1) is 0 Å². The number of amides is 2. The van der Waals surface area contributed by atoms with Gasteiger partial charge in [0.1, 0.15) is 6.04 Å². The van der Waals surface area contributed by atoms with Crippen LogP contribution >= 0.6 is 0 Å². The summed E-state index contributed by atoms with van der Waals surface area (Å²) in [6.07, 6.45) is 2.03. The Kier molecular flexibility index (Phi) is 6.69. The molecule has 2 N–H and O–H groups in total. The minimum absolute atomic E-state index is 0.232. The molecule has 0 aliphatic heterocycles. The van der Waals surface area contributed by atoms with Crippen molar-refractivity contribution < 1.29 is 4.79 Å². The van der Waals surface area contributed by atoms with Gasteiger partial charge in [-0.3, -0.25) is 0 Å². The molecule has 0 heterocycles. The third-order valence-electron chi connectivity index (χ3n) is 2.13. The van der Waals surface area contributed by atoms with Crippen LogP contribution in [0, 0.1) is 10.3 Å². The molecule has 0 saturated heterocycles. The molecule has 0 bridgehead atoms. The van der Waals surface area contributed by atoms with Gasteiger partial charge in [0, 0.05) is 13.1 Å². The molecule has 0 rings (SSSR count). The van der Waals surface area contributed by atoms with Gasteiger partial charge in [-0.2, -0.15) is 4.91 Å². The summed E-state index contributed by atoms with van der Waals surface area (Å²) in [5.74, 6) is 0. The smallest absolute Gasteiger partial charge is 0.314 e. The van der Waals surface area contributed by atoms with Crippen molar-refractivity contribution in [3.63, 3.8) is 0 Å². The van der Waals surface area contributed by atoms with Crippen molar-refractivity contribution in [2.24, 2.45) is 10.6 Å². The van der Waals surface area contributed by atoms with Gasteiger partial charge in [-0.15, -0.1) is 0 Å². The van der Waals surface area contributed by atoms with Crippen molar-refractivity contribution in [2.45, 2.75) is 46.6 Å². The fraction of sp³-hybridized carbons (Fsp3) is 0.909. The highest BCUT2D eigenvalue weighted by Gasteiger charge is 2.09. The number of nitrogens with one attached hydrogen (secondary N) is 2. The summed E-state index contributed by atoms with van der Waals surface area (Å²) in [7, 11) is 0. The van der Waals surface area contributed by atoms with E-state index in [0.29, 0.717) is 12.0 Å². The molecule has 16 heavy (non-hydrogen) atoms. The number of nitroso groups, excluding NO2 is 1. The lowest BCUT2D eigenvalue weighted by Gasteiger charge is -2.17. The Bertz CT molecular complexity index is 224. The second-order valence-corrected chi connectivity index (χ2v) is 5.26. The van der Waals surface area contributed by atoms with Crippen molar-refractivity contribution in [2.75, 3.05) is 13.1 Å². The lowest BCUT2D eigenvalue weighted by Crippen LogP contribution is -2.39. The van der Waals surface area contributed by atoms with Crippen LogP contribution < -0.4 is 10.6 Å². The Balaban J connectivity index is 3.48. The zero-order valence-corrected chi connectivity index (χ0v) is 10.7. The summed E-state index contributed by atoms with van der Waals surface area (Å²) in [4.78, 5) is 21.3. The molecule has 1 unspecified atom stereocenters. The molecule has 0 fully saturated rings. The summed E-state index contributed by atoms with van der Waals surface area (Å²) in [5, 5.41) is 8.12. The normalized spacial score (nSPS) is 13.0. The molecular weight excluding hydrogens is 206 g/mol. The summed E-state index contributed by atoms with van der Waals surface area (Å²) in [6.45, 7) is 9.12. The minimum atomic E-state index is -0.375. The summed E-state index contributed by atoms with van der Waals surface area (Å²) >= 11 is 0. The first-order valence-electron chi connectivity index (χ1n) is 5.69. The van der Waals surface area contributed by atoms with E-state index in [4.69, 9.17) is 0 Å². The van der Waals surface area contributed by atoms with Gasteiger partial charge >= 0.3 is 6.03 Å². The van der Waals surface area contributed by atoms with E-state index in [9.17, 15) is 9.70 Å². The lowest BCUT2D eigenvalue weighted by atomic mass is 9.91. The first-order valence-corrected chi connectivity index (χ1v) is 5.69. The fourth-order valence-electron chi connectivity index (χ4n) is 1.16. The van der Waals surface area contributed by atoms with Crippen LogP contribution in [0.1, 0.15) is 40.5 Å². The van der Waals surface area contributed by atoms with Crippen LogP contribution in [0.25, 0.3) is 0 Å². The van der Waals surface area contributed by atoms with Gasteiger partial charge in [-0.05, 0) is 25.2 Å². The largest absolute Gasteiger partial charge is 0.338 e. The van der Waals surface area contributed by atoms with Crippen LogP contribution in [0.4, 0.5) is 4.79 Å². The molecule has 0 saturated carbocycles. The average Bonchev–Trinajstić information content (AvgIpc) is 2.19. The molecule has 0 aromatic rings. The Morgan fingerprint density at radius 3 is 2.44 bits per heavy atom. The Morgan fingerprint density at radius 1 is 1.31 bits per heavy atom. The van der Waals surface area contributed by atoms with Gasteiger partial charge in [0.25, 0.3) is 0 Å². The van der Waals surface area contributed by atoms with Crippen LogP contribution in [0.3, 0.4) is 0 Å². The quantitative estimate of drug-likeness (QED) is 0.541. The second kappa shape index (κ2) is 7.19. The van der Waals surface area contributed by atoms with Gasteiger partial charge in [-0.1, -0.05) is 25.9 Å². The molecule has 0 aromatic heterocycles. The minimum Gasteiger partial charge on any atom is -0.338 e. The zero-order valence-electron chi connectivity index (χ0n) is 10.7. The maximum atomic E-state index is 11.2. The molecular formula is C11H23N3O2. The third-order valence-corrected chi connectivity index (χ3v) is 2.13. The molecule has 5 nitrogen and oxygen atoms in total. The number of urea groups is 1. The van der Waals surface area contributed by atoms with Crippen molar-refractivity contribution in [1.82, 2.24) is 10.6 Å². The maximum Gasteiger partial charge on any atom is 0.314 e. The average molecular weight is 229 g/mol. The zero-order chi connectivity index (χ0) is 12.6. The number of rotatable bonds is 6. The summed E-state index contributed by atoms with van der Waals surface area (Å²) in [5.41, 5.74) is 0.300. The van der Waals surface area contributed by atoms with Crippen LogP contribution in [-0.4, -0.2) is 25.2 Å². The highest BCUT2D eigenvalue weighted by Crippen LogP contribution is 2.19. The molecule has 94 valence electrons. The Morgan fingerprint density at radius 2 is 1.94 bits per heavy atom. The highest BCUT2D eigenvalue weighted by molar-refractivity contribution is 5.73. The summed E-state index contributed by atoms with van der Waals surface area (Å²) < 4.78 is 0. The SMILES string of the molecule is CC(CNC(=O)NCCCC(C)(C)C)N=O. The summed E-state index contributed by atoms with van der Waals surface area (Å²) in [6, 6.07) is -0.607. The monoisotopic (exact) mass is 229 g/mol. The Hall–Kier alpha value is -1.13. The lowest BCUT2D eigenvalue weighted by molar-refractivity contribution is 0.239. The second-order valence-electron chi connectivity index (χ2n) is 5.26. The third kappa shape index (κ3) is 9.43. The Labute approximate surface area is 97.3 Å². The molecule has 0 spiro atoms. The van der Waals surface area contributed by atoms with Crippen molar-refractivity contribution in [3.8, 4) is 0 Å². The van der Waals surface area contributed by atoms with Crippen LogP contribution in [-0.2, 0) is 0 Å². The van der Waals surface area contributed by atoms with Gasteiger partial charge in [-0.25, -0.2) is 4.79 Å². The van der Waals surface area contributed by atoms with Gasteiger partial charge in [0.15, 0.2) is 0 Å². The van der Waals surface area contributed by atoms with E-state index in [1.54, 1.807) is 6.92 Å². The number of carbonyl (C=O) groups excluding carboxylic acids is 1. The van der Waals surface area contributed by atoms with Crippen molar-refractivity contribution >= 4 is 6.03 Å². The molecule has 5 heteroatoms. The van der Waals surface area contributed by atoms with E-state index in [1.807, 2.05) is 0 Å². The molecule has 0 aromatic carbocycles. The van der Waals surface area contributed by atoms with Gasteiger partial charge in [0.2, 0.25) is 0 Å². The first-order chi connectivity index (χ1) is 7.35. The molecule has 1 atom stereocenters. The fourth-order valence-corrected chi connectivity index (χ4v) is 1.16.